The van der Waals surface area contributed by atoms with E-state index in [1.54, 1.807) is 0 Å². The zero-order valence-corrected chi connectivity index (χ0v) is 35.1. The van der Waals surface area contributed by atoms with Gasteiger partial charge in [-0.15, -0.1) is 42.0 Å². The van der Waals surface area contributed by atoms with Crippen LogP contribution in [0.4, 0.5) is 0 Å². The zero-order valence-electron chi connectivity index (χ0n) is 26.6. The van der Waals surface area contributed by atoms with Crippen molar-refractivity contribution in [1.29, 1.82) is 0 Å². The minimum Gasteiger partial charge on any atom is -0.350 e. The second-order valence-corrected chi connectivity index (χ2v) is 7.37. The average molecular weight is 774 g/mol. The number of benzene rings is 4. The molecule has 4 rings (SSSR count). The van der Waals surface area contributed by atoms with E-state index in [0.29, 0.717) is 0 Å². The van der Waals surface area contributed by atoms with Gasteiger partial charge < -0.3 is 13.8 Å². The van der Waals surface area contributed by atoms with Crippen LogP contribution in [-0.4, -0.2) is 0 Å². The maximum atomic E-state index is 4.00. The molecule has 0 unspecified atom stereocenters. The maximum absolute atomic E-state index is 4.00. The molecule has 0 fully saturated rings. The molecule has 41 heavy (non-hydrogen) atoms. The Hall–Kier alpha value is -0.198. The Morgan fingerprint density at radius 1 is 0.463 bits per heavy atom. The van der Waals surface area contributed by atoms with Gasteiger partial charge in [0, 0.05) is 98.1 Å². The van der Waals surface area contributed by atoms with Crippen LogP contribution in [0, 0.1) is 40.7 Å². The molecule has 0 nitrogen and oxygen atoms in total. The van der Waals surface area contributed by atoms with E-state index in [4.69, 9.17) is 0 Å². The van der Waals surface area contributed by atoms with Gasteiger partial charge in [-0.25, -0.2) is 12.8 Å². The molecule has 4 aromatic rings. The molecule has 0 atom stereocenters. The molecular weight excluding hydrogens is 723 g/mol. The number of hydrogen-bond acceptors (Lipinski definition) is 0. The summed E-state index contributed by atoms with van der Waals surface area (Å²) in [5.74, 6) is 0. The van der Waals surface area contributed by atoms with Gasteiger partial charge in [-0.3, -0.25) is 0 Å². The van der Waals surface area contributed by atoms with Crippen molar-refractivity contribution in [3.63, 3.8) is 0 Å². The molecule has 4 aromatic carbocycles. The number of hydrogen-bond donors (Lipinski definition) is 0. The van der Waals surface area contributed by atoms with Crippen LogP contribution >= 0.6 is 0 Å². The van der Waals surface area contributed by atoms with Crippen LogP contribution in [-0.2, 0) is 117 Å². The first kappa shape index (κ1) is 50.4. The molecule has 0 aromatic heterocycles. The van der Waals surface area contributed by atoms with Gasteiger partial charge >= 0.3 is 0 Å². The normalized spacial score (nSPS) is 8.00. The fourth-order valence-corrected chi connectivity index (χ4v) is 3.08. The molecule has 0 saturated heterocycles. The molecule has 0 aliphatic heterocycles. The first-order valence-electron chi connectivity index (χ1n) is 13.8. The first-order valence-corrected chi connectivity index (χ1v) is 13.8. The van der Waals surface area contributed by atoms with Crippen molar-refractivity contribution < 1.29 is 98.1 Å². The summed E-state index contributed by atoms with van der Waals surface area (Å²) in [6.45, 7) is 31.3. The van der Waals surface area contributed by atoms with Gasteiger partial charge in [0.15, 0.2) is 0 Å². The van der Waals surface area contributed by atoms with Crippen LogP contribution in [0.5, 0.6) is 0 Å². The molecule has 217 valence electrons. The van der Waals surface area contributed by atoms with Crippen LogP contribution < -0.4 is 0 Å². The van der Waals surface area contributed by atoms with Gasteiger partial charge in [0.2, 0.25) is 0 Å². The second kappa shape index (κ2) is 36.0. The van der Waals surface area contributed by atoms with E-state index in [-0.39, 0.29) is 98.1 Å². The molecule has 0 bridgehead atoms. The van der Waals surface area contributed by atoms with Crippen molar-refractivity contribution >= 4 is 0 Å². The van der Waals surface area contributed by atoms with Crippen molar-refractivity contribution in [2.75, 3.05) is 0 Å². The molecule has 0 amide bonds. The van der Waals surface area contributed by atoms with Crippen LogP contribution in [0.15, 0.2) is 97.1 Å². The fourth-order valence-electron chi connectivity index (χ4n) is 3.08. The van der Waals surface area contributed by atoms with Gasteiger partial charge in [0.1, 0.15) is 0 Å². The minimum absolute atomic E-state index is 0. The molecule has 3 radical (unpaired) electrons. The average Bonchev–Trinajstić information content (AvgIpc) is 2.99. The first-order chi connectivity index (χ1) is 18.5. The van der Waals surface area contributed by atoms with Crippen LogP contribution in [0.1, 0.15) is 80.5 Å². The molecule has 0 N–H and O–H groups in total. The van der Waals surface area contributed by atoms with E-state index >= 15 is 0 Å². The summed E-state index contributed by atoms with van der Waals surface area (Å²) in [6, 6.07) is 35.6. The SMILES string of the molecule is CC.CC.CC.[CH2-]Cc1ccccc1[CH2-].[CH2-]Cc1ccccc1[CH2-].[CH2-]c1ccccc1Cc1[c-]cccc1.[Y].[Y].[Y]. The summed E-state index contributed by atoms with van der Waals surface area (Å²) in [6.07, 6.45) is 2.58. The van der Waals surface area contributed by atoms with E-state index in [1.165, 1.54) is 22.3 Å². The van der Waals surface area contributed by atoms with Crippen LogP contribution in [0.25, 0.3) is 0 Å². The second-order valence-electron chi connectivity index (χ2n) is 7.37. The molecule has 0 heterocycles. The number of rotatable bonds is 4. The van der Waals surface area contributed by atoms with Gasteiger partial charge in [0.05, 0.1) is 0 Å². The zero-order chi connectivity index (χ0) is 29.2. The summed E-state index contributed by atoms with van der Waals surface area (Å²) >= 11 is 0. The molecule has 0 aliphatic rings. The summed E-state index contributed by atoms with van der Waals surface area (Å²) in [5, 5.41) is 0. The summed E-state index contributed by atoms with van der Waals surface area (Å²) in [7, 11) is 0. The van der Waals surface area contributed by atoms with E-state index in [1.807, 2.05) is 114 Å². The third kappa shape index (κ3) is 23.9. The minimum atomic E-state index is 0. The third-order valence-electron chi connectivity index (χ3n) is 5.05. The van der Waals surface area contributed by atoms with Crippen molar-refractivity contribution in [3.8, 4) is 0 Å². The fraction of sp³-hybridized carbons (Fsp3) is 0.237. The summed E-state index contributed by atoms with van der Waals surface area (Å²) < 4.78 is 0. The molecule has 0 aliphatic carbocycles. The van der Waals surface area contributed by atoms with Gasteiger partial charge in [-0.2, -0.15) is 103 Å². The standard InChI is InChI=1S/C14H12.2C9H10.3C2H6.3Y/c1-12-7-5-6-10-14(12)11-13-8-3-2-4-9-13;2*1-3-9-7-5-4-6-8(9)2;3*1-2;;;/h2-8,10H,1,11H2;2*4-7H,1-3H2;3*1-2H3;;;/q3*-2;;;;;;. The Morgan fingerprint density at radius 3 is 1.05 bits per heavy atom. The van der Waals surface area contributed by atoms with E-state index in [0.717, 1.165) is 36.0 Å². The Balaban J connectivity index is -0.000000143. The van der Waals surface area contributed by atoms with Gasteiger partial charge in [-0.05, 0) is 0 Å². The van der Waals surface area contributed by atoms with E-state index < -0.39 is 0 Å². The topological polar surface area (TPSA) is 0 Å². The predicted molar refractivity (Wildman–Crippen MR) is 173 cm³/mol. The van der Waals surface area contributed by atoms with Crippen LogP contribution in [0.2, 0.25) is 0 Å². The van der Waals surface area contributed by atoms with E-state index in [2.05, 4.69) is 65.0 Å². The summed E-state index contributed by atoms with van der Waals surface area (Å²) in [5.41, 5.74) is 8.23. The third-order valence-corrected chi connectivity index (χ3v) is 5.05. The Labute approximate surface area is 331 Å². The predicted octanol–water partition coefficient (Wildman–Crippen LogP) is 10.8. The molecule has 3 heteroatoms. The Kier molecular flexibility index (Phi) is 44.3. The van der Waals surface area contributed by atoms with Crippen molar-refractivity contribution in [2.24, 2.45) is 0 Å². The molecule has 0 saturated carbocycles. The molecule has 0 spiro atoms. The molecular formula is C38H50Y3-6. The maximum Gasteiger partial charge on any atom is 0 e. The Bertz CT molecular complexity index is 1010. The van der Waals surface area contributed by atoms with Crippen molar-refractivity contribution in [2.45, 2.75) is 60.8 Å². The summed E-state index contributed by atoms with van der Waals surface area (Å²) in [4.78, 5) is 0. The monoisotopic (exact) mass is 773 g/mol. The van der Waals surface area contributed by atoms with Crippen molar-refractivity contribution in [3.05, 3.63) is 177 Å². The van der Waals surface area contributed by atoms with Crippen LogP contribution in [0.3, 0.4) is 0 Å². The quantitative estimate of drug-likeness (QED) is 0.181. The Morgan fingerprint density at radius 2 is 0.780 bits per heavy atom. The van der Waals surface area contributed by atoms with Crippen molar-refractivity contribution in [1.82, 2.24) is 0 Å². The largest absolute Gasteiger partial charge is 0.350 e. The van der Waals surface area contributed by atoms with Gasteiger partial charge in [-0.1, -0.05) is 66.2 Å². The van der Waals surface area contributed by atoms with E-state index in [9.17, 15) is 0 Å². The van der Waals surface area contributed by atoms with Gasteiger partial charge in [0.25, 0.3) is 0 Å². The smallest absolute Gasteiger partial charge is 0 e.